The molecule has 1 aromatic rings. The van der Waals surface area contributed by atoms with Crippen LogP contribution in [0.4, 0.5) is 0 Å². The molecule has 96 valence electrons. The Morgan fingerprint density at radius 3 is 2.71 bits per heavy atom. The van der Waals surface area contributed by atoms with E-state index in [2.05, 4.69) is 29.8 Å². The summed E-state index contributed by atoms with van der Waals surface area (Å²) in [7, 11) is 0. The van der Waals surface area contributed by atoms with Gasteiger partial charge in [-0.2, -0.15) is 0 Å². The molecule has 1 aromatic heterocycles. The van der Waals surface area contributed by atoms with Crippen molar-refractivity contribution in [2.45, 2.75) is 45.1 Å². The molecule has 1 fully saturated rings. The maximum absolute atomic E-state index is 5.66. The second kappa shape index (κ2) is 5.48. The minimum absolute atomic E-state index is 0.287. The van der Waals surface area contributed by atoms with Crippen LogP contribution in [0.1, 0.15) is 38.1 Å². The zero-order valence-electron chi connectivity index (χ0n) is 10.7. The van der Waals surface area contributed by atoms with Gasteiger partial charge in [0, 0.05) is 10.9 Å². The van der Waals surface area contributed by atoms with Crippen molar-refractivity contribution in [1.82, 2.24) is 5.32 Å². The van der Waals surface area contributed by atoms with Crippen molar-refractivity contribution in [2.75, 3.05) is 13.2 Å². The lowest BCUT2D eigenvalue weighted by atomic mass is 10.1. The van der Waals surface area contributed by atoms with Gasteiger partial charge in [0.15, 0.2) is 5.79 Å². The van der Waals surface area contributed by atoms with Crippen molar-refractivity contribution in [1.29, 1.82) is 0 Å². The lowest BCUT2D eigenvalue weighted by molar-refractivity contribution is -0.253. The van der Waals surface area contributed by atoms with Crippen LogP contribution in [0, 0.1) is 0 Å². The summed E-state index contributed by atoms with van der Waals surface area (Å²) in [5.41, 5.74) is 0. The Morgan fingerprint density at radius 1 is 1.47 bits per heavy atom. The summed E-state index contributed by atoms with van der Waals surface area (Å²) in [5.74, 6) is -0.428. The van der Waals surface area contributed by atoms with Gasteiger partial charge in [-0.1, -0.05) is 13.0 Å². The predicted molar refractivity (Wildman–Crippen MR) is 70.3 cm³/mol. The summed E-state index contributed by atoms with van der Waals surface area (Å²) in [5, 5.41) is 5.73. The van der Waals surface area contributed by atoms with E-state index in [9.17, 15) is 0 Å². The molecule has 1 saturated heterocycles. The van der Waals surface area contributed by atoms with Gasteiger partial charge in [0.1, 0.15) is 0 Å². The molecule has 17 heavy (non-hydrogen) atoms. The number of thiophene rings is 1. The minimum atomic E-state index is -0.428. The van der Waals surface area contributed by atoms with E-state index in [4.69, 9.17) is 9.47 Å². The van der Waals surface area contributed by atoms with Crippen molar-refractivity contribution >= 4 is 11.3 Å². The van der Waals surface area contributed by atoms with Gasteiger partial charge in [0.25, 0.3) is 0 Å². The normalized spacial score (nSPS) is 22.5. The standard InChI is InChI=1S/C13H21NO2S/c1-4-11(12-6-5-7-17-12)14-10-8-15-13(2,3)16-9-10/h5-7,10-11,14H,4,8-9H2,1-3H3. The number of hydrogen-bond donors (Lipinski definition) is 1. The monoisotopic (exact) mass is 255 g/mol. The van der Waals surface area contributed by atoms with E-state index >= 15 is 0 Å². The fourth-order valence-corrected chi connectivity index (χ4v) is 2.83. The van der Waals surface area contributed by atoms with Gasteiger partial charge in [-0.05, 0) is 31.7 Å². The molecule has 0 bridgehead atoms. The maximum Gasteiger partial charge on any atom is 0.162 e. The van der Waals surface area contributed by atoms with E-state index in [-0.39, 0.29) is 6.04 Å². The topological polar surface area (TPSA) is 30.5 Å². The highest BCUT2D eigenvalue weighted by atomic mass is 32.1. The molecular weight excluding hydrogens is 234 g/mol. The SMILES string of the molecule is CCC(NC1COC(C)(C)OC1)c1cccs1. The molecule has 0 aromatic carbocycles. The predicted octanol–water partition coefficient (Wildman–Crippen LogP) is 2.94. The van der Waals surface area contributed by atoms with Crippen LogP contribution < -0.4 is 5.32 Å². The first kappa shape index (κ1) is 13.0. The highest BCUT2D eigenvalue weighted by Crippen LogP contribution is 2.24. The number of rotatable bonds is 4. The van der Waals surface area contributed by atoms with Gasteiger partial charge in [0.2, 0.25) is 0 Å². The quantitative estimate of drug-likeness (QED) is 0.897. The highest BCUT2D eigenvalue weighted by Gasteiger charge is 2.29. The van der Waals surface area contributed by atoms with Crippen molar-refractivity contribution in [2.24, 2.45) is 0 Å². The average Bonchev–Trinajstić information content (AvgIpc) is 2.81. The third-order valence-corrected chi connectivity index (χ3v) is 3.98. The molecule has 1 aliphatic heterocycles. The lowest BCUT2D eigenvalue weighted by Crippen LogP contribution is -2.49. The molecule has 0 amide bonds. The second-order valence-electron chi connectivity index (χ2n) is 4.86. The molecule has 0 spiro atoms. The smallest absolute Gasteiger partial charge is 0.162 e. The van der Waals surface area contributed by atoms with Gasteiger partial charge in [-0.3, -0.25) is 0 Å². The summed E-state index contributed by atoms with van der Waals surface area (Å²) in [6.07, 6.45) is 1.08. The van der Waals surface area contributed by atoms with Gasteiger partial charge >= 0.3 is 0 Å². The Hall–Kier alpha value is -0.420. The lowest BCUT2D eigenvalue weighted by Gasteiger charge is -2.36. The summed E-state index contributed by atoms with van der Waals surface area (Å²) in [6, 6.07) is 4.98. The maximum atomic E-state index is 5.66. The largest absolute Gasteiger partial charge is 0.349 e. The van der Waals surface area contributed by atoms with E-state index in [1.807, 2.05) is 13.8 Å². The van der Waals surface area contributed by atoms with E-state index < -0.39 is 5.79 Å². The molecule has 1 N–H and O–H groups in total. The Balaban J connectivity index is 1.88. The van der Waals surface area contributed by atoms with E-state index in [1.165, 1.54) is 4.88 Å². The molecule has 0 saturated carbocycles. The Morgan fingerprint density at radius 2 is 2.18 bits per heavy atom. The molecule has 3 nitrogen and oxygen atoms in total. The van der Waals surface area contributed by atoms with E-state index in [1.54, 1.807) is 11.3 Å². The minimum Gasteiger partial charge on any atom is -0.349 e. The molecule has 1 atom stereocenters. The molecule has 0 radical (unpaired) electrons. The Bertz CT molecular complexity index is 327. The summed E-state index contributed by atoms with van der Waals surface area (Å²) < 4.78 is 11.3. The van der Waals surface area contributed by atoms with E-state index in [0.717, 1.165) is 19.6 Å². The van der Waals surface area contributed by atoms with Gasteiger partial charge < -0.3 is 14.8 Å². The third-order valence-electron chi connectivity index (χ3n) is 3.00. The molecule has 4 heteroatoms. The zero-order valence-corrected chi connectivity index (χ0v) is 11.5. The molecule has 2 heterocycles. The fraction of sp³-hybridized carbons (Fsp3) is 0.692. The molecule has 1 aliphatic rings. The van der Waals surface area contributed by atoms with Crippen LogP contribution in [0.15, 0.2) is 17.5 Å². The first-order valence-electron chi connectivity index (χ1n) is 6.18. The summed E-state index contributed by atoms with van der Waals surface area (Å²) >= 11 is 1.80. The average molecular weight is 255 g/mol. The number of ether oxygens (including phenoxy) is 2. The van der Waals surface area contributed by atoms with Crippen LogP contribution in [0.5, 0.6) is 0 Å². The van der Waals surface area contributed by atoms with E-state index in [0.29, 0.717) is 6.04 Å². The van der Waals surface area contributed by atoms with Crippen LogP contribution in [0.25, 0.3) is 0 Å². The first-order chi connectivity index (χ1) is 8.11. The summed E-state index contributed by atoms with van der Waals surface area (Å²) in [6.45, 7) is 7.55. The van der Waals surface area contributed by atoms with Crippen molar-refractivity contribution in [3.05, 3.63) is 22.4 Å². The second-order valence-corrected chi connectivity index (χ2v) is 5.84. The van der Waals surface area contributed by atoms with Gasteiger partial charge in [-0.25, -0.2) is 0 Å². The summed E-state index contributed by atoms with van der Waals surface area (Å²) in [4.78, 5) is 1.39. The highest BCUT2D eigenvalue weighted by molar-refractivity contribution is 7.10. The van der Waals surface area contributed by atoms with Crippen molar-refractivity contribution in [3.8, 4) is 0 Å². The van der Waals surface area contributed by atoms with Crippen molar-refractivity contribution < 1.29 is 9.47 Å². The Kier molecular flexibility index (Phi) is 4.20. The number of nitrogens with one attached hydrogen (secondary N) is 1. The molecular formula is C13H21NO2S. The zero-order chi connectivity index (χ0) is 12.3. The molecule has 2 rings (SSSR count). The Labute approximate surface area is 107 Å². The van der Waals surface area contributed by atoms with Gasteiger partial charge in [-0.15, -0.1) is 11.3 Å². The van der Waals surface area contributed by atoms with Crippen LogP contribution in [0.3, 0.4) is 0 Å². The van der Waals surface area contributed by atoms with Gasteiger partial charge in [0.05, 0.1) is 19.3 Å². The van der Waals surface area contributed by atoms with Crippen LogP contribution in [0.2, 0.25) is 0 Å². The fourth-order valence-electron chi connectivity index (χ4n) is 1.96. The number of hydrogen-bond acceptors (Lipinski definition) is 4. The molecule has 0 aliphatic carbocycles. The third kappa shape index (κ3) is 3.52. The van der Waals surface area contributed by atoms with Crippen LogP contribution in [-0.4, -0.2) is 25.0 Å². The first-order valence-corrected chi connectivity index (χ1v) is 7.06. The van der Waals surface area contributed by atoms with Crippen LogP contribution >= 0.6 is 11.3 Å². The van der Waals surface area contributed by atoms with Crippen LogP contribution in [-0.2, 0) is 9.47 Å². The molecule has 1 unspecified atom stereocenters. The van der Waals surface area contributed by atoms with Crippen molar-refractivity contribution in [3.63, 3.8) is 0 Å².